The largest absolute Gasteiger partial charge is 0.0654 e. The summed E-state index contributed by atoms with van der Waals surface area (Å²) in [5.41, 5.74) is 9.63. The van der Waals surface area contributed by atoms with E-state index in [1.165, 1.54) is 51.4 Å². The fraction of sp³-hybridized carbons (Fsp3) is 0.500. The molecule has 0 nitrogen and oxygen atoms in total. The van der Waals surface area contributed by atoms with Gasteiger partial charge in [0.05, 0.1) is 0 Å². The van der Waals surface area contributed by atoms with E-state index >= 15 is 0 Å². The first-order valence-corrected chi connectivity index (χ1v) is 10.0. The lowest BCUT2D eigenvalue weighted by atomic mass is 9.80. The Labute approximate surface area is 148 Å². The van der Waals surface area contributed by atoms with Gasteiger partial charge in [0, 0.05) is 0 Å². The average Bonchev–Trinajstić information content (AvgIpc) is 2.61. The number of aryl methyl sites for hydroxylation is 2. The van der Waals surface area contributed by atoms with Crippen molar-refractivity contribution in [3.8, 4) is 0 Å². The minimum Gasteiger partial charge on any atom is -0.0654 e. The van der Waals surface area contributed by atoms with Gasteiger partial charge in [0.2, 0.25) is 0 Å². The van der Waals surface area contributed by atoms with Crippen molar-refractivity contribution in [3.05, 3.63) is 69.8 Å². The maximum Gasteiger partial charge on any atom is -0.00172 e. The van der Waals surface area contributed by atoms with Crippen molar-refractivity contribution in [2.24, 2.45) is 0 Å². The van der Waals surface area contributed by atoms with Crippen LogP contribution in [0.15, 0.2) is 36.4 Å². The Morgan fingerprint density at radius 3 is 1.50 bits per heavy atom. The minimum atomic E-state index is 1.15. The molecule has 0 heteroatoms. The van der Waals surface area contributed by atoms with E-state index in [1.54, 1.807) is 33.4 Å². The van der Waals surface area contributed by atoms with Crippen molar-refractivity contribution in [2.75, 3.05) is 0 Å². The molecule has 0 aromatic heterocycles. The molecule has 0 saturated heterocycles. The van der Waals surface area contributed by atoms with Crippen LogP contribution in [0.1, 0.15) is 85.8 Å². The molecule has 2 aromatic rings. The van der Waals surface area contributed by atoms with Gasteiger partial charge < -0.3 is 0 Å². The van der Waals surface area contributed by atoms with Gasteiger partial charge in [0.15, 0.2) is 0 Å². The molecule has 0 radical (unpaired) electrons. The lowest BCUT2D eigenvalue weighted by Gasteiger charge is -2.25. The van der Waals surface area contributed by atoms with E-state index < -0.39 is 0 Å². The Kier molecular flexibility index (Phi) is 6.12. The standard InChI is InChI=1S/C24H32/c1-3-5-7-11-19-13-9-15-21-18-24-20(12-8-6-4-2)14-10-16-22(24)17-23(19)21/h9-10,13-16H,3-8,11-12,17-18H2,1-2H3. The number of benzene rings is 2. The van der Waals surface area contributed by atoms with Crippen LogP contribution in [0, 0.1) is 0 Å². The molecule has 0 spiro atoms. The summed E-state index contributed by atoms with van der Waals surface area (Å²) in [5.74, 6) is 0. The third kappa shape index (κ3) is 3.91. The van der Waals surface area contributed by atoms with Crippen LogP contribution in [0.4, 0.5) is 0 Å². The van der Waals surface area contributed by atoms with Crippen LogP contribution < -0.4 is 0 Å². The summed E-state index contributed by atoms with van der Waals surface area (Å²) >= 11 is 0. The molecule has 1 aliphatic carbocycles. The summed E-state index contributed by atoms with van der Waals surface area (Å²) in [6.45, 7) is 4.58. The first kappa shape index (κ1) is 17.3. The van der Waals surface area contributed by atoms with Crippen LogP contribution in [0.25, 0.3) is 0 Å². The first-order valence-electron chi connectivity index (χ1n) is 10.0. The number of fused-ring (bicyclic) bond motifs is 2. The molecule has 0 amide bonds. The Hall–Kier alpha value is -1.56. The van der Waals surface area contributed by atoms with Gasteiger partial charge in [-0.15, -0.1) is 0 Å². The quantitative estimate of drug-likeness (QED) is 0.408. The summed E-state index contributed by atoms with van der Waals surface area (Å²) in [6, 6.07) is 14.0. The molecule has 3 rings (SSSR count). The van der Waals surface area contributed by atoms with Crippen LogP contribution in [0.2, 0.25) is 0 Å². The second kappa shape index (κ2) is 8.51. The van der Waals surface area contributed by atoms with E-state index in [0.717, 1.165) is 12.8 Å². The number of rotatable bonds is 8. The van der Waals surface area contributed by atoms with Gasteiger partial charge in [0.1, 0.15) is 0 Å². The van der Waals surface area contributed by atoms with E-state index in [9.17, 15) is 0 Å². The fourth-order valence-electron chi connectivity index (χ4n) is 4.14. The zero-order valence-electron chi connectivity index (χ0n) is 15.5. The molecule has 0 N–H and O–H groups in total. The van der Waals surface area contributed by atoms with Gasteiger partial charge in [0.25, 0.3) is 0 Å². The van der Waals surface area contributed by atoms with Gasteiger partial charge in [-0.1, -0.05) is 75.9 Å². The second-order valence-electron chi connectivity index (χ2n) is 7.38. The highest BCUT2D eigenvalue weighted by atomic mass is 14.2. The summed E-state index contributed by atoms with van der Waals surface area (Å²) in [5, 5.41) is 0. The van der Waals surface area contributed by atoms with Crippen LogP contribution in [-0.4, -0.2) is 0 Å². The van der Waals surface area contributed by atoms with Crippen molar-refractivity contribution < 1.29 is 0 Å². The lowest BCUT2D eigenvalue weighted by molar-refractivity contribution is 0.708. The van der Waals surface area contributed by atoms with Gasteiger partial charge in [-0.05, 0) is 71.9 Å². The summed E-state index contributed by atoms with van der Waals surface area (Å²) < 4.78 is 0. The van der Waals surface area contributed by atoms with Gasteiger partial charge in [-0.25, -0.2) is 0 Å². The summed E-state index contributed by atoms with van der Waals surface area (Å²) in [6.07, 6.45) is 12.8. The fourth-order valence-corrected chi connectivity index (χ4v) is 4.14. The molecule has 0 heterocycles. The normalized spacial score (nSPS) is 12.8. The van der Waals surface area contributed by atoms with E-state index in [2.05, 4.69) is 50.2 Å². The monoisotopic (exact) mass is 320 g/mol. The molecule has 0 saturated carbocycles. The SMILES string of the molecule is CCCCCc1cccc2c1Cc1cccc(CCCCC)c1C2. The highest BCUT2D eigenvalue weighted by molar-refractivity contribution is 5.51. The average molecular weight is 321 g/mol. The molecule has 0 unspecified atom stereocenters. The number of hydrogen-bond acceptors (Lipinski definition) is 0. The Morgan fingerprint density at radius 1 is 0.625 bits per heavy atom. The molecular formula is C24H32. The van der Waals surface area contributed by atoms with E-state index in [1.807, 2.05) is 0 Å². The van der Waals surface area contributed by atoms with Crippen molar-refractivity contribution in [2.45, 2.75) is 78.1 Å². The number of unbranched alkanes of at least 4 members (excludes halogenated alkanes) is 4. The highest BCUT2D eigenvalue weighted by Crippen LogP contribution is 2.32. The lowest BCUT2D eigenvalue weighted by Crippen LogP contribution is -2.12. The predicted octanol–water partition coefficient (Wildman–Crippen LogP) is 6.65. The second-order valence-corrected chi connectivity index (χ2v) is 7.38. The van der Waals surface area contributed by atoms with Gasteiger partial charge in [-0.3, -0.25) is 0 Å². The van der Waals surface area contributed by atoms with Crippen molar-refractivity contribution >= 4 is 0 Å². The molecular weight excluding hydrogens is 288 g/mol. The van der Waals surface area contributed by atoms with Gasteiger partial charge in [-0.2, -0.15) is 0 Å². The maximum atomic E-state index is 2.37. The molecule has 0 atom stereocenters. The molecule has 2 aromatic carbocycles. The Bertz CT molecular complexity index is 606. The molecule has 0 aliphatic heterocycles. The van der Waals surface area contributed by atoms with E-state index in [4.69, 9.17) is 0 Å². The van der Waals surface area contributed by atoms with E-state index in [0.29, 0.717) is 0 Å². The molecule has 0 bridgehead atoms. The molecule has 24 heavy (non-hydrogen) atoms. The molecule has 1 aliphatic rings. The van der Waals surface area contributed by atoms with Crippen molar-refractivity contribution in [1.82, 2.24) is 0 Å². The summed E-state index contributed by atoms with van der Waals surface area (Å²) in [4.78, 5) is 0. The van der Waals surface area contributed by atoms with Crippen LogP contribution in [0.3, 0.4) is 0 Å². The van der Waals surface area contributed by atoms with Crippen LogP contribution in [0.5, 0.6) is 0 Å². The van der Waals surface area contributed by atoms with E-state index in [-0.39, 0.29) is 0 Å². The topological polar surface area (TPSA) is 0 Å². The van der Waals surface area contributed by atoms with Crippen molar-refractivity contribution in [1.29, 1.82) is 0 Å². The smallest absolute Gasteiger partial charge is 0.00172 e. The van der Waals surface area contributed by atoms with Crippen molar-refractivity contribution in [3.63, 3.8) is 0 Å². The maximum absolute atomic E-state index is 2.37. The third-order valence-corrected chi connectivity index (χ3v) is 5.57. The Balaban J connectivity index is 1.81. The minimum absolute atomic E-state index is 1.15. The first-order chi connectivity index (χ1) is 11.8. The number of hydrogen-bond donors (Lipinski definition) is 0. The highest BCUT2D eigenvalue weighted by Gasteiger charge is 2.19. The van der Waals surface area contributed by atoms with Crippen LogP contribution in [-0.2, 0) is 25.7 Å². The predicted molar refractivity (Wildman–Crippen MR) is 105 cm³/mol. The van der Waals surface area contributed by atoms with Crippen LogP contribution >= 0.6 is 0 Å². The molecule has 128 valence electrons. The van der Waals surface area contributed by atoms with Gasteiger partial charge >= 0.3 is 0 Å². The third-order valence-electron chi connectivity index (χ3n) is 5.57. The molecule has 0 fully saturated rings. The zero-order valence-corrected chi connectivity index (χ0v) is 15.5. The Morgan fingerprint density at radius 2 is 1.08 bits per heavy atom. The zero-order chi connectivity index (χ0) is 16.8. The summed E-state index contributed by atoms with van der Waals surface area (Å²) in [7, 11) is 0.